The van der Waals surface area contributed by atoms with Crippen LogP contribution in [-0.4, -0.2) is 77.4 Å². The highest BCUT2D eigenvalue weighted by molar-refractivity contribution is 5.86. The number of nitrogens with one attached hydrogen (secondary N) is 1. The summed E-state index contributed by atoms with van der Waals surface area (Å²) >= 11 is 0. The first-order chi connectivity index (χ1) is 14.1. The Kier molecular flexibility index (Phi) is 4.73. The van der Waals surface area contributed by atoms with Gasteiger partial charge >= 0.3 is 6.03 Å². The fourth-order valence-electron chi connectivity index (χ4n) is 6.25. The van der Waals surface area contributed by atoms with E-state index in [4.69, 9.17) is 0 Å². The van der Waals surface area contributed by atoms with Crippen molar-refractivity contribution in [2.24, 2.45) is 10.8 Å². The summed E-state index contributed by atoms with van der Waals surface area (Å²) < 4.78 is 0. The minimum Gasteiger partial charge on any atom is -0.356 e. The molecule has 0 aromatic carbocycles. The van der Waals surface area contributed by atoms with Gasteiger partial charge in [0.15, 0.2) is 0 Å². The molecule has 7 heteroatoms. The molecule has 7 nitrogen and oxygen atoms in total. The monoisotopic (exact) mass is 397 g/mol. The summed E-state index contributed by atoms with van der Waals surface area (Å²) in [6.07, 6.45) is 8.71. The fraction of sp³-hybridized carbons (Fsp3) is 0.682. The van der Waals surface area contributed by atoms with Crippen molar-refractivity contribution in [2.75, 3.05) is 45.8 Å². The Balaban J connectivity index is 1.33. The van der Waals surface area contributed by atoms with E-state index in [1.165, 1.54) is 5.56 Å². The molecule has 0 radical (unpaired) electrons. The number of likely N-dealkylation sites (tertiary alicyclic amines) is 3. The summed E-state index contributed by atoms with van der Waals surface area (Å²) in [5.74, 6) is 0.227. The second kappa shape index (κ2) is 7.27. The molecule has 0 unspecified atom stereocenters. The highest BCUT2D eigenvalue weighted by Crippen LogP contribution is 2.56. The smallest absolute Gasteiger partial charge is 0.319 e. The Morgan fingerprint density at radius 3 is 2.48 bits per heavy atom. The van der Waals surface area contributed by atoms with E-state index < -0.39 is 0 Å². The maximum absolute atomic E-state index is 13.1. The van der Waals surface area contributed by atoms with Gasteiger partial charge in [0.2, 0.25) is 5.91 Å². The summed E-state index contributed by atoms with van der Waals surface area (Å²) in [7, 11) is 0. The van der Waals surface area contributed by atoms with Gasteiger partial charge in [-0.05, 0) is 43.7 Å². The molecule has 2 spiro atoms. The summed E-state index contributed by atoms with van der Waals surface area (Å²) in [5.41, 5.74) is 0.856. The van der Waals surface area contributed by atoms with Gasteiger partial charge in [-0.1, -0.05) is 6.07 Å². The molecule has 3 amide bonds. The molecule has 4 fully saturated rings. The van der Waals surface area contributed by atoms with Crippen LogP contribution < -0.4 is 5.32 Å². The van der Waals surface area contributed by atoms with Crippen LogP contribution in [0.15, 0.2) is 24.5 Å². The standard InChI is InChI=1S/C22H31N5O2/c28-19-22(5-9-24-19)17-25(15-18-4-3-8-23-14-18)16-21(22)6-12-27(13-7-21)20(29)26-10-1-2-11-26/h3-4,8,14H,1-2,5-7,9-13,15-17H2,(H,24,28)/t22-/m1/s1. The van der Waals surface area contributed by atoms with E-state index in [9.17, 15) is 9.59 Å². The number of piperidine rings is 1. The number of amides is 3. The van der Waals surface area contributed by atoms with E-state index in [1.807, 2.05) is 22.1 Å². The molecule has 1 atom stereocenters. The Morgan fingerprint density at radius 2 is 1.83 bits per heavy atom. The zero-order chi connectivity index (χ0) is 19.9. The highest BCUT2D eigenvalue weighted by Gasteiger charge is 2.63. The number of hydrogen-bond donors (Lipinski definition) is 1. The Labute approximate surface area is 172 Å². The van der Waals surface area contributed by atoms with Crippen LogP contribution in [0.5, 0.6) is 0 Å². The van der Waals surface area contributed by atoms with Gasteiger partial charge in [-0.25, -0.2) is 4.79 Å². The average Bonchev–Trinajstić information content (AvgIpc) is 3.45. The van der Waals surface area contributed by atoms with Crippen LogP contribution >= 0.6 is 0 Å². The van der Waals surface area contributed by atoms with Crippen LogP contribution in [0.3, 0.4) is 0 Å². The Bertz CT molecular complexity index is 771. The van der Waals surface area contributed by atoms with Gasteiger partial charge in [-0.3, -0.25) is 14.7 Å². The van der Waals surface area contributed by atoms with Gasteiger partial charge in [-0.15, -0.1) is 0 Å². The van der Waals surface area contributed by atoms with Crippen LogP contribution in [0, 0.1) is 10.8 Å². The number of nitrogens with zero attached hydrogens (tertiary/aromatic N) is 4. The molecule has 4 saturated heterocycles. The third kappa shape index (κ3) is 3.10. The van der Waals surface area contributed by atoms with Crippen LogP contribution in [0.4, 0.5) is 4.79 Å². The van der Waals surface area contributed by atoms with Crippen LogP contribution in [-0.2, 0) is 11.3 Å². The van der Waals surface area contributed by atoms with E-state index in [2.05, 4.69) is 21.3 Å². The number of aromatic nitrogens is 1. The van der Waals surface area contributed by atoms with Crippen molar-refractivity contribution in [3.05, 3.63) is 30.1 Å². The van der Waals surface area contributed by atoms with Gasteiger partial charge in [-0.2, -0.15) is 0 Å². The molecule has 29 heavy (non-hydrogen) atoms. The molecular weight excluding hydrogens is 366 g/mol. The molecule has 1 aromatic heterocycles. The molecule has 0 saturated carbocycles. The number of urea groups is 1. The molecule has 1 N–H and O–H groups in total. The minimum absolute atomic E-state index is 0.0302. The average molecular weight is 398 g/mol. The first kappa shape index (κ1) is 18.9. The quantitative estimate of drug-likeness (QED) is 0.825. The molecule has 1 aromatic rings. The second-order valence-electron chi connectivity index (χ2n) is 9.34. The van der Waals surface area contributed by atoms with Gasteiger partial charge in [0.1, 0.15) is 0 Å². The van der Waals surface area contributed by atoms with Gasteiger partial charge in [0.05, 0.1) is 5.41 Å². The maximum Gasteiger partial charge on any atom is 0.319 e. The largest absolute Gasteiger partial charge is 0.356 e. The van der Waals surface area contributed by atoms with Crippen molar-refractivity contribution in [1.82, 2.24) is 25.0 Å². The third-order valence-corrected chi connectivity index (χ3v) is 7.80. The van der Waals surface area contributed by atoms with Crippen LogP contribution in [0.1, 0.15) is 37.7 Å². The predicted octanol–water partition coefficient (Wildman–Crippen LogP) is 1.70. The van der Waals surface area contributed by atoms with Gasteiger partial charge in [0, 0.05) is 70.2 Å². The van der Waals surface area contributed by atoms with E-state index in [1.54, 1.807) is 6.20 Å². The summed E-state index contributed by atoms with van der Waals surface area (Å²) in [6, 6.07) is 4.28. The van der Waals surface area contributed by atoms with Crippen molar-refractivity contribution in [1.29, 1.82) is 0 Å². The molecule has 4 aliphatic heterocycles. The number of carbonyl (C=O) groups is 2. The lowest BCUT2D eigenvalue weighted by molar-refractivity contribution is -0.133. The molecular formula is C22H31N5O2. The number of fused-ring (bicyclic) bond motifs is 1. The maximum atomic E-state index is 13.1. The molecule has 5 rings (SSSR count). The predicted molar refractivity (Wildman–Crippen MR) is 109 cm³/mol. The number of hydrogen-bond acceptors (Lipinski definition) is 4. The summed E-state index contributed by atoms with van der Waals surface area (Å²) in [4.78, 5) is 36.6. The number of carbonyl (C=O) groups excluding carboxylic acids is 2. The number of rotatable bonds is 2. The van der Waals surface area contributed by atoms with Gasteiger partial charge in [0.25, 0.3) is 0 Å². The third-order valence-electron chi connectivity index (χ3n) is 7.80. The highest BCUT2D eigenvalue weighted by atomic mass is 16.2. The summed E-state index contributed by atoms with van der Waals surface area (Å²) in [5, 5.41) is 3.12. The van der Waals surface area contributed by atoms with E-state index in [-0.39, 0.29) is 22.8 Å². The first-order valence-corrected chi connectivity index (χ1v) is 11.1. The van der Waals surface area contributed by atoms with E-state index >= 15 is 0 Å². The lowest BCUT2D eigenvalue weighted by atomic mass is 9.60. The second-order valence-corrected chi connectivity index (χ2v) is 9.34. The molecule has 0 aliphatic carbocycles. The minimum atomic E-state index is -0.308. The fourth-order valence-corrected chi connectivity index (χ4v) is 6.25. The topological polar surface area (TPSA) is 68.8 Å². The van der Waals surface area contributed by atoms with Crippen molar-refractivity contribution in [3.8, 4) is 0 Å². The normalized spacial score (nSPS) is 29.2. The number of pyridine rings is 1. The van der Waals surface area contributed by atoms with Crippen molar-refractivity contribution < 1.29 is 9.59 Å². The van der Waals surface area contributed by atoms with Crippen molar-refractivity contribution >= 4 is 11.9 Å². The first-order valence-electron chi connectivity index (χ1n) is 11.1. The Morgan fingerprint density at radius 1 is 1.07 bits per heavy atom. The summed E-state index contributed by atoms with van der Waals surface area (Å²) in [6.45, 7) is 6.68. The SMILES string of the molecule is O=C(N1CCCC1)N1CCC2(CC1)CN(Cc1cccnc1)C[C@@]21CCNC1=O. The zero-order valence-electron chi connectivity index (χ0n) is 17.1. The zero-order valence-corrected chi connectivity index (χ0v) is 17.1. The van der Waals surface area contributed by atoms with Crippen molar-refractivity contribution in [2.45, 2.75) is 38.6 Å². The Hall–Kier alpha value is -2.15. The van der Waals surface area contributed by atoms with E-state index in [0.29, 0.717) is 0 Å². The molecule has 5 heterocycles. The van der Waals surface area contributed by atoms with E-state index in [0.717, 1.165) is 84.5 Å². The van der Waals surface area contributed by atoms with Crippen LogP contribution in [0.25, 0.3) is 0 Å². The van der Waals surface area contributed by atoms with Crippen LogP contribution in [0.2, 0.25) is 0 Å². The molecule has 156 valence electrons. The van der Waals surface area contributed by atoms with Gasteiger partial charge < -0.3 is 15.1 Å². The molecule has 0 bridgehead atoms. The lowest BCUT2D eigenvalue weighted by Crippen LogP contribution is -2.55. The van der Waals surface area contributed by atoms with Crippen molar-refractivity contribution in [3.63, 3.8) is 0 Å². The molecule has 4 aliphatic rings. The lowest BCUT2D eigenvalue weighted by Gasteiger charge is -2.47.